The number of carbonyl (C=O) groups is 2. The van der Waals surface area contributed by atoms with Gasteiger partial charge in [-0.25, -0.2) is 4.39 Å². The molecule has 3 heterocycles. The summed E-state index contributed by atoms with van der Waals surface area (Å²) in [6.45, 7) is 3.08. The first-order valence-corrected chi connectivity index (χ1v) is 15.4. The molecule has 1 aliphatic carbocycles. The average Bonchev–Trinajstić information content (AvgIpc) is 3.84. The van der Waals surface area contributed by atoms with Crippen LogP contribution in [0, 0.1) is 0 Å². The van der Waals surface area contributed by atoms with E-state index < -0.39 is 30.2 Å². The van der Waals surface area contributed by atoms with Crippen LogP contribution in [0.1, 0.15) is 65.9 Å². The molecule has 2 N–H and O–H groups in total. The third-order valence-corrected chi connectivity index (χ3v) is 7.73. The van der Waals surface area contributed by atoms with E-state index in [1.165, 1.54) is 35.2 Å². The number of carbonyl (C=O) groups excluding carboxylic acids is 2. The first-order chi connectivity index (χ1) is 22.4. The predicted molar refractivity (Wildman–Crippen MR) is 168 cm³/mol. The first kappa shape index (κ1) is 33.9. The third kappa shape index (κ3) is 8.49. The van der Waals surface area contributed by atoms with Gasteiger partial charge in [0, 0.05) is 38.5 Å². The Bertz CT molecular complexity index is 1670. The Hall–Kier alpha value is -4.43. The van der Waals surface area contributed by atoms with Crippen LogP contribution in [0.25, 0.3) is 11.1 Å². The second-order valence-electron chi connectivity index (χ2n) is 12.0. The number of nitrogens with one attached hydrogen (secondary N) is 2. The van der Waals surface area contributed by atoms with Crippen molar-refractivity contribution < 1.29 is 37.0 Å². The number of halogens is 3. The van der Waals surface area contributed by atoms with Crippen molar-refractivity contribution in [3.05, 3.63) is 69.6 Å². The van der Waals surface area contributed by atoms with E-state index in [0.29, 0.717) is 24.2 Å². The normalized spacial score (nSPS) is 15.5. The lowest BCUT2D eigenvalue weighted by molar-refractivity contribution is -0.0499. The molecule has 1 aromatic carbocycles. The molecule has 1 saturated carbocycles. The van der Waals surface area contributed by atoms with Gasteiger partial charge in [-0.2, -0.15) is 13.8 Å². The number of alkyl halides is 3. The number of hydrogen-bond acceptors (Lipinski definition) is 8. The summed E-state index contributed by atoms with van der Waals surface area (Å²) in [5.74, 6) is -1.38. The molecule has 2 amide bonds. The van der Waals surface area contributed by atoms with E-state index in [4.69, 9.17) is 9.47 Å². The van der Waals surface area contributed by atoms with E-state index in [1.807, 2.05) is 6.92 Å². The Morgan fingerprint density at radius 1 is 1.04 bits per heavy atom. The molecule has 0 radical (unpaired) electrons. The van der Waals surface area contributed by atoms with E-state index in [0.717, 1.165) is 18.4 Å². The molecular weight excluding hydrogens is 619 g/mol. The van der Waals surface area contributed by atoms with Crippen molar-refractivity contribution in [2.24, 2.45) is 0 Å². The van der Waals surface area contributed by atoms with Gasteiger partial charge in [-0.15, -0.1) is 0 Å². The number of amides is 2. The molecule has 14 heteroatoms. The van der Waals surface area contributed by atoms with Crippen molar-refractivity contribution in [1.82, 2.24) is 19.8 Å². The molecule has 252 valence electrons. The fourth-order valence-electron chi connectivity index (χ4n) is 5.15. The lowest BCUT2D eigenvalue weighted by Gasteiger charge is -2.34. The molecule has 0 bridgehead atoms. The number of hydrogen-bond donors (Lipinski definition) is 2. The fraction of sp³-hybridized carbons (Fsp3) is 0.455. The number of nitrogens with zero attached hydrogens (tertiary/aromatic N) is 3. The van der Waals surface area contributed by atoms with Gasteiger partial charge in [-0.05, 0) is 80.6 Å². The highest BCUT2D eigenvalue weighted by molar-refractivity contribution is 6.05. The Morgan fingerprint density at radius 3 is 2.43 bits per heavy atom. The Balaban J connectivity index is 1.50. The summed E-state index contributed by atoms with van der Waals surface area (Å²) in [6.07, 6.45) is 1.92. The molecule has 1 aliphatic heterocycles. The topological polar surface area (TPSA) is 124 Å². The molecular formula is C33H38F3N5O6. The highest BCUT2D eigenvalue weighted by Crippen LogP contribution is 2.35. The van der Waals surface area contributed by atoms with Crippen molar-refractivity contribution in [2.75, 3.05) is 32.1 Å². The van der Waals surface area contributed by atoms with E-state index >= 15 is 0 Å². The van der Waals surface area contributed by atoms with Gasteiger partial charge in [0.1, 0.15) is 23.3 Å². The van der Waals surface area contributed by atoms with E-state index in [9.17, 15) is 27.6 Å². The van der Waals surface area contributed by atoms with Crippen molar-refractivity contribution >= 4 is 17.6 Å². The zero-order valence-corrected chi connectivity index (χ0v) is 26.6. The molecule has 2 aliphatic rings. The average molecular weight is 658 g/mol. The van der Waals surface area contributed by atoms with E-state index in [2.05, 4.69) is 20.4 Å². The van der Waals surface area contributed by atoms with Gasteiger partial charge >= 0.3 is 6.61 Å². The monoisotopic (exact) mass is 657 g/mol. The largest absolute Gasteiger partial charge is 0.475 e. The van der Waals surface area contributed by atoms with Gasteiger partial charge in [0.2, 0.25) is 5.88 Å². The van der Waals surface area contributed by atoms with Crippen molar-refractivity contribution in [1.29, 1.82) is 0 Å². The van der Waals surface area contributed by atoms with Gasteiger partial charge < -0.3 is 34.3 Å². The maximum absolute atomic E-state index is 13.7. The van der Waals surface area contributed by atoms with Crippen LogP contribution in [0.5, 0.6) is 11.6 Å². The van der Waals surface area contributed by atoms with Gasteiger partial charge in [-0.3, -0.25) is 14.4 Å². The zero-order chi connectivity index (χ0) is 33.8. The zero-order valence-electron chi connectivity index (χ0n) is 26.6. The summed E-state index contributed by atoms with van der Waals surface area (Å²) in [5.41, 5.74) is 0.876. The number of pyridine rings is 2. The van der Waals surface area contributed by atoms with Gasteiger partial charge in [0.25, 0.3) is 17.4 Å². The molecule has 11 nitrogen and oxygen atoms in total. The van der Waals surface area contributed by atoms with Gasteiger partial charge in [0.15, 0.2) is 0 Å². The summed E-state index contributed by atoms with van der Waals surface area (Å²) in [5, 5.41) is 5.97. The van der Waals surface area contributed by atoms with Crippen molar-refractivity contribution in [2.45, 2.75) is 71.2 Å². The summed E-state index contributed by atoms with van der Waals surface area (Å²) in [6, 6.07) is 8.46. The van der Waals surface area contributed by atoms with Crippen LogP contribution in [0.15, 0.2) is 47.4 Å². The maximum atomic E-state index is 13.7. The first-order valence-electron chi connectivity index (χ1n) is 15.4. The molecule has 1 saturated heterocycles. The Kier molecular flexibility index (Phi) is 10.5. The lowest BCUT2D eigenvalue weighted by atomic mass is 9.97. The van der Waals surface area contributed by atoms with E-state index in [-0.39, 0.29) is 59.9 Å². The molecule has 47 heavy (non-hydrogen) atoms. The van der Waals surface area contributed by atoms with Crippen LogP contribution in [0.3, 0.4) is 0 Å². The lowest BCUT2D eigenvalue weighted by Crippen LogP contribution is -2.51. The summed E-state index contributed by atoms with van der Waals surface area (Å²) >= 11 is 0. The predicted octanol–water partition coefficient (Wildman–Crippen LogP) is 4.80. The standard InChI is InChI=1S/C33H38F3N5O6/c1-18(2)46-29-11-21(25-8-7-24(47-33(35)36)12-26(25)31(43)40-16-22(34)17-40)10-28(38-29)39-30(42)27-9-20(14-37-13-19(3)45-4)15-41(32(27)44)23-5-6-23/h7-12,15,18-19,22-23,33,37H,5-6,13-14,16-17H2,1-4H3,(H,38,39,42)/t19-/m0/s1. The van der Waals surface area contributed by atoms with Crippen molar-refractivity contribution in [3.63, 3.8) is 0 Å². The number of ether oxygens (including phenoxy) is 3. The number of benzene rings is 1. The minimum Gasteiger partial charge on any atom is -0.475 e. The minimum absolute atomic E-state index is 0.00987. The molecule has 2 fully saturated rings. The number of methoxy groups -OCH3 is 1. The van der Waals surface area contributed by atoms with E-state index in [1.54, 1.807) is 37.8 Å². The Labute approximate surface area is 270 Å². The SMILES string of the molecule is CO[C@@H](C)CNCc1cc(C(=O)Nc2cc(-c3ccc(OC(F)F)cc3C(=O)N3CC(F)C3)cc(OC(C)C)n2)c(=O)n(C2CC2)c1. The summed E-state index contributed by atoms with van der Waals surface area (Å²) in [7, 11) is 1.62. The molecule has 0 unspecified atom stereocenters. The van der Waals surface area contributed by atoms with Gasteiger partial charge in [-0.1, -0.05) is 0 Å². The molecule has 1 atom stereocenters. The molecule has 0 spiro atoms. The maximum Gasteiger partial charge on any atom is 0.387 e. The van der Waals surface area contributed by atoms with Crippen molar-refractivity contribution in [3.8, 4) is 22.8 Å². The number of aromatic nitrogens is 2. The second kappa shape index (κ2) is 14.6. The number of likely N-dealkylation sites (tertiary alicyclic amines) is 1. The fourth-order valence-corrected chi connectivity index (χ4v) is 5.15. The number of anilines is 1. The quantitative estimate of drug-likeness (QED) is 0.254. The number of rotatable bonds is 14. The molecule has 3 aromatic rings. The van der Waals surface area contributed by atoms with Crippen LogP contribution in [-0.4, -0.2) is 78.0 Å². The summed E-state index contributed by atoms with van der Waals surface area (Å²) < 4.78 is 56.9. The van der Waals surface area contributed by atoms with Crippen LogP contribution >= 0.6 is 0 Å². The van der Waals surface area contributed by atoms with Crippen LogP contribution in [0.2, 0.25) is 0 Å². The Morgan fingerprint density at radius 2 is 1.79 bits per heavy atom. The summed E-state index contributed by atoms with van der Waals surface area (Å²) in [4.78, 5) is 46.1. The third-order valence-electron chi connectivity index (χ3n) is 7.73. The van der Waals surface area contributed by atoms with Crippen LogP contribution in [0.4, 0.5) is 19.0 Å². The molecule has 2 aromatic heterocycles. The van der Waals surface area contributed by atoms with Gasteiger partial charge in [0.05, 0.1) is 30.9 Å². The van der Waals surface area contributed by atoms with Crippen LogP contribution in [-0.2, 0) is 11.3 Å². The highest BCUT2D eigenvalue weighted by atomic mass is 19.3. The highest BCUT2D eigenvalue weighted by Gasteiger charge is 2.33. The minimum atomic E-state index is -3.12. The van der Waals surface area contributed by atoms with Crippen LogP contribution < -0.4 is 25.7 Å². The smallest absolute Gasteiger partial charge is 0.387 e. The molecule has 5 rings (SSSR count). The second-order valence-corrected chi connectivity index (χ2v) is 12.0.